The number of aryl methyl sites for hydroxylation is 2. The minimum absolute atomic E-state index is 0.155. The number of fused-ring (bicyclic) bond motifs is 3. The van der Waals surface area contributed by atoms with E-state index in [9.17, 15) is 9.59 Å². The zero-order chi connectivity index (χ0) is 16.7. The number of aromatic nitrogens is 2. The second-order valence-electron chi connectivity index (χ2n) is 6.04. The van der Waals surface area contributed by atoms with Crippen molar-refractivity contribution in [2.75, 3.05) is 0 Å². The molecule has 0 amide bonds. The predicted molar refractivity (Wildman–Crippen MR) is 95.0 cm³/mol. The van der Waals surface area contributed by atoms with Gasteiger partial charge in [0.2, 0.25) is 0 Å². The van der Waals surface area contributed by atoms with Crippen LogP contribution in [-0.2, 0) is 25.9 Å². The van der Waals surface area contributed by atoms with Crippen molar-refractivity contribution in [3.63, 3.8) is 0 Å². The van der Waals surface area contributed by atoms with Gasteiger partial charge in [-0.1, -0.05) is 6.08 Å². The van der Waals surface area contributed by atoms with Crippen LogP contribution in [0.1, 0.15) is 29.0 Å². The Balaban J connectivity index is 2.03. The Morgan fingerprint density at radius 2 is 2.08 bits per heavy atom. The third kappa shape index (κ3) is 2.29. The van der Waals surface area contributed by atoms with E-state index in [4.69, 9.17) is 4.42 Å². The van der Waals surface area contributed by atoms with Gasteiger partial charge in [0.15, 0.2) is 0 Å². The summed E-state index contributed by atoms with van der Waals surface area (Å²) in [5, 5.41) is 0.711. The number of nitrogens with zero attached hydrogens (tertiary/aromatic N) is 2. The second kappa shape index (κ2) is 5.94. The van der Waals surface area contributed by atoms with E-state index in [1.54, 1.807) is 40.4 Å². The standard InChI is InChI=1S/C18H18N2O3S/c1-2-9-19-17-15(13-7-3-4-8-14(13)24-17)16(21)20(18(19)22)11-12-6-5-10-23-12/h2,5-6,10H,1,3-4,7-9,11H2. The molecule has 0 radical (unpaired) electrons. The Labute approximate surface area is 142 Å². The van der Waals surface area contributed by atoms with Gasteiger partial charge in [0.05, 0.1) is 18.2 Å². The molecule has 0 spiro atoms. The lowest BCUT2D eigenvalue weighted by molar-refractivity contribution is 0.479. The first-order valence-corrected chi connectivity index (χ1v) is 8.93. The first-order valence-electron chi connectivity index (χ1n) is 8.12. The molecule has 4 rings (SSSR count). The quantitative estimate of drug-likeness (QED) is 0.685. The summed E-state index contributed by atoms with van der Waals surface area (Å²) in [7, 11) is 0. The molecule has 0 aromatic carbocycles. The molecule has 0 bridgehead atoms. The molecule has 1 aliphatic rings. The molecule has 124 valence electrons. The van der Waals surface area contributed by atoms with Crippen LogP contribution in [0, 0.1) is 0 Å². The van der Waals surface area contributed by atoms with Gasteiger partial charge in [0, 0.05) is 11.4 Å². The van der Waals surface area contributed by atoms with Crippen LogP contribution >= 0.6 is 11.3 Å². The highest BCUT2D eigenvalue weighted by molar-refractivity contribution is 7.18. The smallest absolute Gasteiger partial charge is 0.332 e. The predicted octanol–water partition coefficient (Wildman–Crippen LogP) is 2.93. The van der Waals surface area contributed by atoms with Crippen LogP contribution in [0.2, 0.25) is 0 Å². The largest absolute Gasteiger partial charge is 0.467 e. The van der Waals surface area contributed by atoms with E-state index in [2.05, 4.69) is 6.58 Å². The normalized spacial score (nSPS) is 14.0. The molecule has 0 saturated carbocycles. The first-order chi connectivity index (χ1) is 11.7. The molecular formula is C18H18N2O3S. The summed E-state index contributed by atoms with van der Waals surface area (Å²) in [6.07, 6.45) is 7.39. The van der Waals surface area contributed by atoms with E-state index in [1.165, 1.54) is 9.44 Å². The van der Waals surface area contributed by atoms with Crippen molar-refractivity contribution in [3.05, 3.63) is 68.1 Å². The van der Waals surface area contributed by atoms with E-state index in [1.807, 2.05) is 0 Å². The van der Waals surface area contributed by atoms with Crippen molar-refractivity contribution in [2.24, 2.45) is 0 Å². The van der Waals surface area contributed by atoms with Crippen LogP contribution in [0.3, 0.4) is 0 Å². The summed E-state index contributed by atoms with van der Waals surface area (Å²) in [6.45, 7) is 4.30. The van der Waals surface area contributed by atoms with Crippen LogP contribution in [-0.4, -0.2) is 9.13 Å². The third-order valence-electron chi connectivity index (χ3n) is 4.52. The van der Waals surface area contributed by atoms with Crippen LogP contribution in [0.4, 0.5) is 0 Å². The summed E-state index contributed by atoms with van der Waals surface area (Å²) in [5.74, 6) is 0.600. The lowest BCUT2D eigenvalue weighted by Gasteiger charge is -2.12. The van der Waals surface area contributed by atoms with Gasteiger partial charge < -0.3 is 4.42 Å². The highest BCUT2D eigenvalue weighted by Gasteiger charge is 2.23. The van der Waals surface area contributed by atoms with Gasteiger partial charge in [0.1, 0.15) is 10.6 Å². The van der Waals surface area contributed by atoms with Gasteiger partial charge in [-0.05, 0) is 43.4 Å². The molecule has 0 fully saturated rings. The van der Waals surface area contributed by atoms with E-state index in [0.717, 1.165) is 36.1 Å². The highest BCUT2D eigenvalue weighted by atomic mass is 32.1. The zero-order valence-corrected chi connectivity index (χ0v) is 14.1. The summed E-state index contributed by atoms with van der Waals surface area (Å²) < 4.78 is 8.27. The Hall–Kier alpha value is -2.34. The maximum absolute atomic E-state index is 13.1. The molecule has 3 aromatic rings. The molecule has 0 aliphatic heterocycles. The average Bonchev–Trinajstić information content (AvgIpc) is 3.22. The van der Waals surface area contributed by atoms with E-state index in [-0.39, 0.29) is 17.8 Å². The Kier molecular flexibility index (Phi) is 3.76. The van der Waals surface area contributed by atoms with Crippen LogP contribution in [0.5, 0.6) is 0 Å². The minimum atomic E-state index is -0.303. The number of hydrogen-bond donors (Lipinski definition) is 0. The fraction of sp³-hybridized carbons (Fsp3) is 0.333. The molecule has 0 atom stereocenters. The van der Waals surface area contributed by atoms with Crippen molar-refractivity contribution in [1.82, 2.24) is 9.13 Å². The molecule has 6 heteroatoms. The SMILES string of the molecule is C=CCn1c(=O)n(Cc2ccco2)c(=O)c2c3c(sc21)CCCC3. The fourth-order valence-electron chi connectivity index (χ4n) is 3.40. The monoisotopic (exact) mass is 342 g/mol. The minimum Gasteiger partial charge on any atom is -0.467 e. The number of thiophene rings is 1. The lowest BCUT2D eigenvalue weighted by Crippen LogP contribution is -2.40. The first kappa shape index (κ1) is 15.2. The van der Waals surface area contributed by atoms with Gasteiger partial charge in [-0.3, -0.25) is 13.9 Å². The number of allylic oxidation sites excluding steroid dienone is 1. The van der Waals surface area contributed by atoms with Crippen molar-refractivity contribution in [2.45, 2.75) is 38.8 Å². The molecule has 3 aromatic heterocycles. The van der Waals surface area contributed by atoms with Crippen molar-refractivity contribution < 1.29 is 4.42 Å². The zero-order valence-electron chi connectivity index (χ0n) is 13.3. The molecule has 3 heterocycles. The maximum atomic E-state index is 13.1. The van der Waals surface area contributed by atoms with E-state index in [0.29, 0.717) is 17.7 Å². The summed E-state index contributed by atoms with van der Waals surface area (Å²) in [4.78, 5) is 28.0. The van der Waals surface area contributed by atoms with Crippen LogP contribution < -0.4 is 11.2 Å². The van der Waals surface area contributed by atoms with Gasteiger partial charge in [-0.25, -0.2) is 4.79 Å². The maximum Gasteiger partial charge on any atom is 0.332 e. The van der Waals surface area contributed by atoms with E-state index >= 15 is 0 Å². The molecular weight excluding hydrogens is 324 g/mol. The molecule has 24 heavy (non-hydrogen) atoms. The Bertz CT molecular complexity index is 1020. The van der Waals surface area contributed by atoms with Crippen molar-refractivity contribution in [1.29, 1.82) is 0 Å². The lowest BCUT2D eigenvalue weighted by atomic mass is 9.97. The van der Waals surface area contributed by atoms with E-state index < -0.39 is 0 Å². The Morgan fingerprint density at radius 1 is 1.25 bits per heavy atom. The average molecular weight is 342 g/mol. The highest BCUT2D eigenvalue weighted by Crippen LogP contribution is 2.34. The van der Waals surface area contributed by atoms with Crippen LogP contribution in [0.25, 0.3) is 10.2 Å². The van der Waals surface area contributed by atoms with Crippen molar-refractivity contribution >= 4 is 21.6 Å². The molecule has 0 N–H and O–H groups in total. The molecule has 0 saturated heterocycles. The van der Waals surface area contributed by atoms with Gasteiger partial charge in [0.25, 0.3) is 5.56 Å². The van der Waals surface area contributed by atoms with Crippen LogP contribution in [0.15, 0.2) is 45.1 Å². The van der Waals surface area contributed by atoms with Crippen molar-refractivity contribution in [3.8, 4) is 0 Å². The summed E-state index contributed by atoms with van der Waals surface area (Å²) >= 11 is 1.59. The number of rotatable bonds is 4. The number of furan rings is 1. The Morgan fingerprint density at radius 3 is 2.83 bits per heavy atom. The topological polar surface area (TPSA) is 57.1 Å². The summed E-state index contributed by atoms with van der Waals surface area (Å²) in [5.41, 5.74) is 0.630. The van der Waals surface area contributed by atoms with Gasteiger partial charge in [-0.15, -0.1) is 17.9 Å². The molecule has 0 unspecified atom stereocenters. The third-order valence-corrected chi connectivity index (χ3v) is 5.84. The van der Waals surface area contributed by atoms with Gasteiger partial charge >= 0.3 is 5.69 Å². The number of hydrogen-bond acceptors (Lipinski definition) is 4. The molecule has 1 aliphatic carbocycles. The van der Waals surface area contributed by atoms with Gasteiger partial charge in [-0.2, -0.15) is 0 Å². The molecule has 5 nitrogen and oxygen atoms in total. The fourth-order valence-corrected chi connectivity index (χ4v) is 4.79. The summed E-state index contributed by atoms with van der Waals surface area (Å²) in [6, 6.07) is 3.53. The second-order valence-corrected chi connectivity index (χ2v) is 7.13.